The van der Waals surface area contributed by atoms with Gasteiger partial charge in [-0.25, -0.2) is 0 Å². The Labute approximate surface area is 99.9 Å². The molecule has 0 bridgehead atoms. The SMILES string of the molecule is c1ccc(S[C@H]2N[C@@H]2c2ccccc2)cc1. The number of benzene rings is 2. The summed E-state index contributed by atoms with van der Waals surface area (Å²) in [5, 5.41) is 4.03. The largest absolute Gasteiger partial charge is 0.294 e. The third kappa shape index (κ3) is 2.13. The summed E-state index contributed by atoms with van der Waals surface area (Å²) in [5.74, 6) is 0. The van der Waals surface area contributed by atoms with Gasteiger partial charge in [0.25, 0.3) is 0 Å². The fourth-order valence-corrected chi connectivity index (χ4v) is 2.92. The van der Waals surface area contributed by atoms with Crippen LogP contribution in [0, 0.1) is 0 Å². The predicted octanol–water partition coefficient (Wildman–Crippen LogP) is 3.45. The van der Waals surface area contributed by atoms with E-state index in [-0.39, 0.29) is 0 Å². The molecule has 1 fully saturated rings. The maximum Gasteiger partial charge on any atom is 0.0783 e. The van der Waals surface area contributed by atoms with Crippen LogP contribution in [0.4, 0.5) is 0 Å². The molecular weight excluding hydrogens is 214 g/mol. The van der Waals surface area contributed by atoms with Crippen LogP contribution in [0.25, 0.3) is 0 Å². The lowest BCUT2D eigenvalue weighted by Crippen LogP contribution is -1.83. The monoisotopic (exact) mass is 227 g/mol. The lowest BCUT2D eigenvalue weighted by atomic mass is 10.2. The van der Waals surface area contributed by atoms with Crippen molar-refractivity contribution in [3.05, 3.63) is 66.2 Å². The van der Waals surface area contributed by atoms with Crippen molar-refractivity contribution in [2.45, 2.75) is 16.3 Å². The Balaban J connectivity index is 1.65. The van der Waals surface area contributed by atoms with Gasteiger partial charge >= 0.3 is 0 Å². The van der Waals surface area contributed by atoms with Gasteiger partial charge in [-0.2, -0.15) is 0 Å². The maximum atomic E-state index is 3.50. The van der Waals surface area contributed by atoms with E-state index < -0.39 is 0 Å². The second-order valence-electron chi connectivity index (χ2n) is 3.91. The van der Waals surface area contributed by atoms with E-state index in [4.69, 9.17) is 0 Å². The molecule has 2 heteroatoms. The summed E-state index contributed by atoms with van der Waals surface area (Å²) in [5.41, 5.74) is 1.39. The lowest BCUT2D eigenvalue weighted by Gasteiger charge is -1.98. The van der Waals surface area contributed by atoms with Crippen LogP contribution in [0.1, 0.15) is 11.6 Å². The highest BCUT2D eigenvalue weighted by Crippen LogP contribution is 2.40. The molecule has 2 aromatic carbocycles. The van der Waals surface area contributed by atoms with Crippen molar-refractivity contribution >= 4 is 11.8 Å². The summed E-state index contributed by atoms with van der Waals surface area (Å²) in [6, 6.07) is 21.7. The summed E-state index contributed by atoms with van der Waals surface area (Å²) in [7, 11) is 0. The minimum atomic E-state index is 0.520. The van der Waals surface area contributed by atoms with Gasteiger partial charge in [0.2, 0.25) is 0 Å². The average molecular weight is 227 g/mol. The van der Waals surface area contributed by atoms with Crippen LogP contribution in [-0.4, -0.2) is 5.37 Å². The molecule has 0 saturated carbocycles. The van der Waals surface area contributed by atoms with Gasteiger partial charge in [-0.3, -0.25) is 5.32 Å². The summed E-state index contributed by atoms with van der Waals surface area (Å²) in [6.07, 6.45) is 0. The number of thioether (sulfide) groups is 1. The van der Waals surface area contributed by atoms with E-state index in [9.17, 15) is 0 Å². The van der Waals surface area contributed by atoms with E-state index >= 15 is 0 Å². The van der Waals surface area contributed by atoms with Gasteiger partial charge in [0, 0.05) is 4.90 Å². The van der Waals surface area contributed by atoms with Crippen LogP contribution >= 0.6 is 11.8 Å². The molecule has 1 saturated heterocycles. The van der Waals surface area contributed by atoms with Crippen molar-refractivity contribution in [1.82, 2.24) is 5.32 Å². The zero-order valence-electron chi connectivity index (χ0n) is 8.84. The first-order chi connectivity index (χ1) is 7.93. The summed E-state index contributed by atoms with van der Waals surface area (Å²) < 4.78 is 0. The van der Waals surface area contributed by atoms with Crippen LogP contribution < -0.4 is 5.32 Å². The van der Waals surface area contributed by atoms with E-state index in [1.165, 1.54) is 10.5 Å². The molecule has 0 aromatic heterocycles. The van der Waals surface area contributed by atoms with Crippen molar-refractivity contribution in [3.8, 4) is 0 Å². The van der Waals surface area contributed by atoms with E-state index in [1.807, 2.05) is 11.8 Å². The third-order valence-electron chi connectivity index (χ3n) is 2.70. The van der Waals surface area contributed by atoms with Crippen molar-refractivity contribution in [2.75, 3.05) is 0 Å². The minimum Gasteiger partial charge on any atom is -0.294 e. The number of hydrogen-bond donors (Lipinski definition) is 1. The second kappa shape index (κ2) is 4.32. The van der Waals surface area contributed by atoms with Crippen LogP contribution in [-0.2, 0) is 0 Å². The summed E-state index contributed by atoms with van der Waals surface area (Å²) >= 11 is 1.90. The highest BCUT2D eigenvalue weighted by Gasteiger charge is 2.37. The Kier molecular flexibility index (Phi) is 2.68. The van der Waals surface area contributed by atoms with Gasteiger partial charge in [-0.1, -0.05) is 48.5 Å². The molecule has 1 aliphatic rings. The zero-order chi connectivity index (χ0) is 10.8. The van der Waals surface area contributed by atoms with Gasteiger partial charge in [0.15, 0.2) is 0 Å². The van der Waals surface area contributed by atoms with Gasteiger partial charge in [-0.15, -0.1) is 11.8 Å². The standard InChI is InChI=1S/C14H13NS/c1-3-7-11(8-4-1)13-14(15-13)16-12-9-5-2-6-10-12/h1-10,13-15H/t13-,14-/m1/s1. The smallest absolute Gasteiger partial charge is 0.0783 e. The predicted molar refractivity (Wildman–Crippen MR) is 68.4 cm³/mol. The van der Waals surface area contributed by atoms with Gasteiger partial charge in [-0.05, 0) is 17.7 Å². The minimum absolute atomic E-state index is 0.520. The molecule has 0 radical (unpaired) electrons. The Morgan fingerprint density at radius 2 is 1.44 bits per heavy atom. The molecule has 3 rings (SSSR count). The van der Waals surface area contributed by atoms with Crippen molar-refractivity contribution in [3.63, 3.8) is 0 Å². The number of rotatable bonds is 3. The van der Waals surface area contributed by atoms with Crippen molar-refractivity contribution in [2.24, 2.45) is 0 Å². The van der Waals surface area contributed by atoms with Gasteiger partial charge in [0.1, 0.15) is 0 Å². The Morgan fingerprint density at radius 1 is 0.812 bits per heavy atom. The lowest BCUT2D eigenvalue weighted by molar-refractivity contribution is 1.08. The molecule has 0 unspecified atom stereocenters. The van der Waals surface area contributed by atoms with Crippen LogP contribution in [0.2, 0.25) is 0 Å². The quantitative estimate of drug-likeness (QED) is 0.811. The molecule has 1 aliphatic heterocycles. The fraction of sp³-hybridized carbons (Fsp3) is 0.143. The Hall–Kier alpha value is -1.25. The maximum absolute atomic E-state index is 3.50. The van der Waals surface area contributed by atoms with Crippen LogP contribution in [0.5, 0.6) is 0 Å². The molecule has 80 valence electrons. The topological polar surface area (TPSA) is 21.9 Å². The molecule has 0 aliphatic carbocycles. The normalized spacial score (nSPS) is 23.0. The molecule has 2 aromatic rings. The second-order valence-corrected chi connectivity index (χ2v) is 5.12. The van der Waals surface area contributed by atoms with Crippen molar-refractivity contribution < 1.29 is 0 Å². The molecule has 0 spiro atoms. The third-order valence-corrected chi connectivity index (χ3v) is 3.91. The van der Waals surface area contributed by atoms with Crippen LogP contribution in [0.3, 0.4) is 0 Å². The Morgan fingerprint density at radius 3 is 2.12 bits per heavy atom. The summed E-state index contributed by atoms with van der Waals surface area (Å²) in [6.45, 7) is 0. The molecule has 2 atom stereocenters. The van der Waals surface area contributed by atoms with E-state index in [1.54, 1.807) is 0 Å². The van der Waals surface area contributed by atoms with Gasteiger partial charge in [0.05, 0.1) is 11.4 Å². The van der Waals surface area contributed by atoms with E-state index in [0.717, 1.165) is 0 Å². The molecule has 1 N–H and O–H groups in total. The first-order valence-electron chi connectivity index (χ1n) is 5.46. The van der Waals surface area contributed by atoms with Crippen molar-refractivity contribution in [1.29, 1.82) is 0 Å². The first-order valence-corrected chi connectivity index (χ1v) is 6.34. The fourth-order valence-electron chi connectivity index (χ4n) is 1.80. The summed E-state index contributed by atoms with van der Waals surface area (Å²) in [4.78, 5) is 1.33. The first kappa shape index (κ1) is 9.94. The molecular formula is C14H13NS. The molecule has 0 amide bonds. The molecule has 1 heterocycles. The highest BCUT2D eigenvalue weighted by molar-refractivity contribution is 8.00. The van der Waals surface area contributed by atoms with E-state index in [2.05, 4.69) is 66.0 Å². The number of hydrogen-bond acceptors (Lipinski definition) is 2. The molecule has 16 heavy (non-hydrogen) atoms. The van der Waals surface area contributed by atoms with Gasteiger partial charge < -0.3 is 0 Å². The van der Waals surface area contributed by atoms with E-state index in [0.29, 0.717) is 11.4 Å². The average Bonchev–Trinajstić information content (AvgIpc) is 3.11. The number of nitrogens with one attached hydrogen (secondary N) is 1. The highest BCUT2D eigenvalue weighted by atomic mass is 32.2. The molecule has 1 nitrogen and oxygen atoms in total. The Bertz CT molecular complexity index is 455. The zero-order valence-corrected chi connectivity index (χ0v) is 9.65. The van der Waals surface area contributed by atoms with Crippen LogP contribution in [0.15, 0.2) is 65.6 Å².